The molecule has 3 aromatic heterocycles. The van der Waals surface area contributed by atoms with Gasteiger partial charge >= 0.3 is 5.97 Å². The molecule has 5 rings (SSSR count). The molecule has 200 valence electrons. The van der Waals surface area contributed by atoms with E-state index in [-0.39, 0.29) is 17.8 Å². The molecular weight excluding hydrogens is 472 g/mol. The van der Waals surface area contributed by atoms with Crippen molar-refractivity contribution < 1.29 is 15.0 Å². The summed E-state index contributed by atoms with van der Waals surface area (Å²) in [5, 5.41) is 25.9. The van der Waals surface area contributed by atoms with Crippen LogP contribution in [0, 0.1) is 0 Å². The molecule has 1 aliphatic carbocycles. The maximum absolute atomic E-state index is 11.8. The van der Waals surface area contributed by atoms with Gasteiger partial charge in [-0.05, 0) is 52.1 Å². The van der Waals surface area contributed by atoms with Gasteiger partial charge in [0.2, 0.25) is 5.95 Å². The van der Waals surface area contributed by atoms with E-state index in [1.165, 1.54) is 0 Å². The number of carbonyl (C=O) groups is 1. The summed E-state index contributed by atoms with van der Waals surface area (Å²) in [5.74, 6) is 0.0883. The third kappa shape index (κ3) is 6.54. The van der Waals surface area contributed by atoms with Gasteiger partial charge in [-0.25, -0.2) is 14.8 Å². The molecule has 1 atom stereocenters. The summed E-state index contributed by atoms with van der Waals surface area (Å²) in [5.41, 5.74) is 1.97. The summed E-state index contributed by atoms with van der Waals surface area (Å²) >= 11 is 0. The molecule has 1 aliphatic heterocycles. The van der Waals surface area contributed by atoms with Gasteiger partial charge in [-0.2, -0.15) is 4.98 Å². The molecule has 1 unspecified atom stereocenters. The van der Waals surface area contributed by atoms with Crippen LogP contribution in [0.15, 0.2) is 30.6 Å². The van der Waals surface area contributed by atoms with E-state index in [2.05, 4.69) is 35.4 Å². The molecule has 11 nitrogen and oxygen atoms in total. The number of aromatic nitrogens is 4. The lowest BCUT2D eigenvalue weighted by Crippen LogP contribution is -2.48. The molecule has 2 aliphatic rings. The van der Waals surface area contributed by atoms with Gasteiger partial charge in [-0.15, -0.1) is 0 Å². The molecule has 3 aromatic rings. The van der Waals surface area contributed by atoms with Crippen LogP contribution in [0.1, 0.15) is 49.1 Å². The van der Waals surface area contributed by atoms with Gasteiger partial charge in [-0.1, -0.05) is 12.8 Å². The fraction of sp³-hybridized carbons (Fsp3) is 0.538. The van der Waals surface area contributed by atoms with Gasteiger partial charge in [-0.3, -0.25) is 4.90 Å². The monoisotopic (exact) mass is 510 g/mol. The Balaban J connectivity index is 0.00000102. The lowest BCUT2D eigenvalue weighted by Gasteiger charge is -2.36. The molecule has 0 amide bonds. The van der Waals surface area contributed by atoms with Crippen LogP contribution in [0.3, 0.4) is 0 Å². The van der Waals surface area contributed by atoms with Crippen molar-refractivity contribution >= 4 is 34.5 Å². The average molecular weight is 511 g/mol. The minimum absolute atomic E-state index is 0.157. The first-order valence-corrected chi connectivity index (χ1v) is 13.0. The number of aliphatic hydroxyl groups excluding tert-OH is 1. The molecule has 11 heteroatoms. The van der Waals surface area contributed by atoms with Gasteiger partial charge in [0.05, 0.1) is 18.0 Å². The maximum atomic E-state index is 11.8. The van der Waals surface area contributed by atoms with Crippen molar-refractivity contribution in [3.63, 3.8) is 0 Å². The standard InChI is InChI=1S/C24H31N7O3.C2H7N/c1-16(32)15-29-8-10-30(11-9-29)19-6-7-21(25-14-19)27-24-26-13-17-12-20(23(33)34)31(22(17)28-24)18-4-2-3-5-18;1-3-2/h6-7,12-14,16,18,32H,2-5,8-11,15H2,1H3,(H,33,34)(H,25,26,27,28);3H,1-2H3. The van der Waals surface area contributed by atoms with Gasteiger partial charge < -0.3 is 30.3 Å². The van der Waals surface area contributed by atoms with Gasteiger partial charge in [0, 0.05) is 50.3 Å². The summed E-state index contributed by atoms with van der Waals surface area (Å²) in [6, 6.07) is 5.75. The predicted molar refractivity (Wildman–Crippen MR) is 145 cm³/mol. The Bertz CT molecular complexity index is 1170. The number of hydrogen-bond donors (Lipinski definition) is 4. The number of aromatic carboxylic acids is 1. The highest BCUT2D eigenvalue weighted by molar-refractivity contribution is 5.93. The van der Waals surface area contributed by atoms with Crippen molar-refractivity contribution in [2.75, 3.05) is 57.0 Å². The number of fused-ring (bicyclic) bond motifs is 1. The van der Waals surface area contributed by atoms with Gasteiger partial charge in [0.1, 0.15) is 17.2 Å². The van der Waals surface area contributed by atoms with Crippen molar-refractivity contribution in [1.29, 1.82) is 0 Å². The second kappa shape index (κ2) is 12.3. The second-order valence-electron chi connectivity index (χ2n) is 9.78. The van der Waals surface area contributed by atoms with E-state index in [4.69, 9.17) is 0 Å². The van der Waals surface area contributed by atoms with Crippen molar-refractivity contribution in [1.82, 2.24) is 29.7 Å². The van der Waals surface area contributed by atoms with E-state index in [0.717, 1.165) is 62.9 Å². The zero-order chi connectivity index (χ0) is 26.4. The number of carboxylic acid groups (broad SMARTS) is 1. The number of aliphatic hydroxyl groups is 1. The van der Waals surface area contributed by atoms with Crippen LogP contribution in [-0.2, 0) is 0 Å². The van der Waals surface area contributed by atoms with Gasteiger partial charge in [0.15, 0.2) is 0 Å². The highest BCUT2D eigenvalue weighted by Crippen LogP contribution is 2.34. The third-order valence-electron chi connectivity index (χ3n) is 6.73. The van der Waals surface area contributed by atoms with Crippen molar-refractivity contribution in [2.24, 2.45) is 0 Å². The number of carboxylic acids is 1. The van der Waals surface area contributed by atoms with Crippen LogP contribution in [0.25, 0.3) is 11.0 Å². The largest absolute Gasteiger partial charge is 0.477 e. The first-order valence-electron chi connectivity index (χ1n) is 13.0. The Morgan fingerprint density at radius 2 is 1.81 bits per heavy atom. The summed E-state index contributed by atoms with van der Waals surface area (Å²) in [6.07, 6.45) is 7.34. The number of pyridine rings is 1. The van der Waals surface area contributed by atoms with E-state index >= 15 is 0 Å². The minimum Gasteiger partial charge on any atom is -0.477 e. The summed E-state index contributed by atoms with van der Waals surface area (Å²) in [4.78, 5) is 30.0. The molecular formula is C26H38N8O3. The van der Waals surface area contributed by atoms with Crippen molar-refractivity contribution in [2.45, 2.75) is 44.8 Å². The van der Waals surface area contributed by atoms with E-state index in [1.807, 2.05) is 43.9 Å². The Labute approximate surface area is 217 Å². The highest BCUT2D eigenvalue weighted by atomic mass is 16.4. The maximum Gasteiger partial charge on any atom is 0.352 e. The first-order chi connectivity index (χ1) is 17.9. The van der Waals surface area contributed by atoms with Crippen LogP contribution in [-0.4, -0.2) is 93.5 Å². The number of nitrogens with one attached hydrogen (secondary N) is 2. The summed E-state index contributed by atoms with van der Waals surface area (Å²) in [6.45, 7) is 6.14. The van der Waals surface area contributed by atoms with Crippen LogP contribution in [0.5, 0.6) is 0 Å². The first kappa shape index (κ1) is 26.8. The van der Waals surface area contributed by atoms with Crippen LogP contribution in [0.4, 0.5) is 17.5 Å². The smallest absolute Gasteiger partial charge is 0.352 e. The van der Waals surface area contributed by atoms with E-state index in [9.17, 15) is 15.0 Å². The third-order valence-corrected chi connectivity index (χ3v) is 6.73. The number of rotatable bonds is 7. The topological polar surface area (TPSA) is 132 Å². The molecule has 1 saturated carbocycles. The number of β-amino-alcohol motifs (C(OH)–C–C–N with tert-alkyl or cyclic N) is 1. The zero-order valence-corrected chi connectivity index (χ0v) is 21.9. The Kier molecular flexibility index (Phi) is 8.91. The van der Waals surface area contributed by atoms with Gasteiger partial charge in [0.25, 0.3) is 0 Å². The van der Waals surface area contributed by atoms with E-state index < -0.39 is 5.97 Å². The number of piperazine rings is 1. The molecule has 0 aromatic carbocycles. The number of anilines is 3. The fourth-order valence-corrected chi connectivity index (χ4v) is 5.09. The minimum atomic E-state index is -0.941. The quantitative estimate of drug-likeness (QED) is 0.376. The zero-order valence-electron chi connectivity index (χ0n) is 21.9. The van der Waals surface area contributed by atoms with Crippen LogP contribution < -0.4 is 15.5 Å². The van der Waals surface area contributed by atoms with Crippen LogP contribution in [0.2, 0.25) is 0 Å². The molecule has 4 N–H and O–H groups in total. The summed E-state index contributed by atoms with van der Waals surface area (Å²) < 4.78 is 1.87. The lowest BCUT2D eigenvalue weighted by atomic mass is 10.2. The fourth-order valence-electron chi connectivity index (χ4n) is 5.09. The Hall–Kier alpha value is -3.28. The molecule has 1 saturated heterocycles. The number of nitrogens with zero attached hydrogens (tertiary/aromatic N) is 6. The average Bonchev–Trinajstić information content (AvgIpc) is 3.53. The molecule has 2 fully saturated rings. The van der Waals surface area contributed by atoms with Crippen molar-refractivity contribution in [3.8, 4) is 0 Å². The predicted octanol–water partition coefficient (Wildman–Crippen LogP) is 2.72. The molecule has 0 spiro atoms. The van der Waals surface area contributed by atoms with Crippen LogP contribution >= 0.6 is 0 Å². The normalized spacial score (nSPS) is 17.5. The molecule has 0 bridgehead atoms. The molecule has 0 radical (unpaired) electrons. The Morgan fingerprint density at radius 1 is 1.11 bits per heavy atom. The molecule has 37 heavy (non-hydrogen) atoms. The lowest BCUT2D eigenvalue weighted by molar-refractivity contribution is 0.0683. The van der Waals surface area contributed by atoms with E-state index in [1.54, 1.807) is 12.3 Å². The van der Waals surface area contributed by atoms with Crippen molar-refractivity contribution in [3.05, 3.63) is 36.3 Å². The SMILES string of the molecule is CC(O)CN1CCN(c2ccc(Nc3ncc4cc(C(=O)O)n(C5CCCC5)c4n3)nc2)CC1.CNC. The second-order valence-corrected chi connectivity index (χ2v) is 9.78. The molecule has 4 heterocycles. The Morgan fingerprint density at radius 3 is 2.41 bits per heavy atom. The highest BCUT2D eigenvalue weighted by Gasteiger charge is 2.25. The van der Waals surface area contributed by atoms with E-state index in [0.29, 0.717) is 24.0 Å². The summed E-state index contributed by atoms with van der Waals surface area (Å²) in [7, 11) is 3.75. The number of hydrogen-bond acceptors (Lipinski definition) is 9.